The van der Waals surface area contributed by atoms with E-state index in [1.54, 1.807) is 6.20 Å². The van der Waals surface area contributed by atoms with E-state index in [1.165, 1.54) is 16.9 Å². The molecule has 0 saturated heterocycles. The van der Waals surface area contributed by atoms with Crippen LogP contribution in [0.4, 0.5) is 5.13 Å². The molecular formula is C13H14BrN3OS. The summed E-state index contributed by atoms with van der Waals surface area (Å²) in [5.41, 5.74) is 7.06. The van der Waals surface area contributed by atoms with Gasteiger partial charge < -0.3 is 11.1 Å². The molecule has 0 aliphatic rings. The van der Waals surface area contributed by atoms with Crippen LogP contribution in [0.1, 0.15) is 12.0 Å². The number of thiazole rings is 1. The highest BCUT2D eigenvalue weighted by atomic mass is 79.9. The second kappa shape index (κ2) is 6.79. The smallest absolute Gasteiger partial charge is 0.243 e. The number of aromatic nitrogens is 1. The first-order valence-corrected chi connectivity index (χ1v) is 7.48. The molecule has 1 heterocycles. The Bertz CT molecular complexity index is 544. The van der Waals surface area contributed by atoms with Crippen LogP contribution in [0.15, 0.2) is 40.3 Å². The monoisotopic (exact) mass is 339 g/mol. The lowest BCUT2D eigenvalue weighted by Crippen LogP contribution is -2.35. The molecule has 0 aliphatic carbocycles. The molecule has 19 heavy (non-hydrogen) atoms. The van der Waals surface area contributed by atoms with E-state index in [9.17, 15) is 4.79 Å². The number of hydrogen-bond donors (Lipinski definition) is 2. The molecule has 2 aromatic rings. The summed E-state index contributed by atoms with van der Waals surface area (Å²) >= 11 is 4.66. The number of carbonyl (C=O) groups excluding carboxylic acids is 1. The number of anilines is 1. The van der Waals surface area contributed by atoms with Crippen LogP contribution in [0.5, 0.6) is 0 Å². The summed E-state index contributed by atoms with van der Waals surface area (Å²) in [5.74, 6) is -0.196. The summed E-state index contributed by atoms with van der Waals surface area (Å²) in [4.78, 5) is 15.9. The highest BCUT2D eigenvalue weighted by Crippen LogP contribution is 2.23. The Morgan fingerprint density at radius 2 is 2.16 bits per heavy atom. The summed E-state index contributed by atoms with van der Waals surface area (Å²) in [6.45, 7) is 0. The van der Waals surface area contributed by atoms with Gasteiger partial charge in [-0.25, -0.2) is 4.98 Å². The van der Waals surface area contributed by atoms with Gasteiger partial charge in [0.1, 0.15) is 0 Å². The van der Waals surface area contributed by atoms with E-state index in [1.807, 2.05) is 30.3 Å². The van der Waals surface area contributed by atoms with Gasteiger partial charge in [-0.3, -0.25) is 4.79 Å². The fourth-order valence-corrected chi connectivity index (χ4v) is 2.72. The van der Waals surface area contributed by atoms with Crippen molar-refractivity contribution in [1.29, 1.82) is 0 Å². The first kappa shape index (κ1) is 14.2. The zero-order valence-corrected chi connectivity index (χ0v) is 12.6. The van der Waals surface area contributed by atoms with Crippen LogP contribution in [0.3, 0.4) is 0 Å². The second-order valence-corrected chi connectivity index (χ2v) is 6.50. The Balaban J connectivity index is 1.82. The van der Waals surface area contributed by atoms with Crippen molar-refractivity contribution in [1.82, 2.24) is 4.98 Å². The summed E-state index contributed by atoms with van der Waals surface area (Å²) in [6.07, 6.45) is 3.05. The molecule has 100 valence electrons. The lowest BCUT2D eigenvalue weighted by Gasteiger charge is -2.10. The van der Waals surface area contributed by atoms with E-state index >= 15 is 0 Å². The molecule has 1 atom stereocenters. The van der Waals surface area contributed by atoms with Gasteiger partial charge in [-0.15, -0.1) is 0 Å². The van der Waals surface area contributed by atoms with Crippen molar-refractivity contribution in [2.24, 2.45) is 5.73 Å². The molecule has 0 radical (unpaired) electrons. The lowest BCUT2D eigenvalue weighted by molar-refractivity contribution is -0.117. The van der Waals surface area contributed by atoms with Crippen molar-refractivity contribution in [2.75, 3.05) is 5.32 Å². The Kier molecular flexibility index (Phi) is 5.07. The van der Waals surface area contributed by atoms with E-state index in [4.69, 9.17) is 5.73 Å². The van der Waals surface area contributed by atoms with Gasteiger partial charge in [0.15, 0.2) is 5.13 Å². The van der Waals surface area contributed by atoms with Gasteiger partial charge in [0.05, 0.1) is 16.0 Å². The highest BCUT2D eigenvalue weighted by Gasteiger charge is 2.14. The van der Waals surface area contributed by atoms with Crippen molar-refractivity contribution < 1.29 is 4.79 Å². The maximum Gasteiger partial charge on any atom is 0.243 e. The zero-order chi connectivity index (χ0) is 13.7. The zero-order valence-electron chi connectivity index (χ0n) is 10.2. The molecule has 0 unspecified atom stereocenters. The number of aryl methyl sites for hydroxylation is 1. The molecule has 1 aromatic heterocycles. The van der Waals surface area contributed by atoms with Crippen LogP contribution in [0.25, 0.3) is 0 Å². The minimum absolute atomic E-state index is 0.196. The standard InChI is InChI=1S/C13H14BrN3OS/c14-11-8-16-13(19-11)17-12(18)10(15)7-6-9-4-2-1-3-5-9/h1-5,8,10H,6-7,15H2,(H,16,17,18)/t10-/m0/s1. The molecule has 1 aromatic carbocycles. The van der Waals surface area contributed by atoms with Crippen molar-refractivity contribution in [3.05, 3.63) is 45.9 Å². The van der Waals surface area contributed by atoms with Gasteiger partial charge >= 0.3 is 0 Å². The Morgan fingerprint density at radius 3 is 2.79 bits per heavy atom. The number of nitrogens with one attached hydrogen (secondary N) is 1. The third-order valence-corrected chi connectivity index (χ3v) is 4.02. The average molecular weight is 340 g/mol. The molecular weight excluding hydrogens is 326 g/mol. The van der Waals surface area contributed by atoms with Crippen LogP contribution in [-0.2, 0) is 11.2 Å². The number of halogens is 1. The second-order valence-electron chi connectivity index (χ2n) is 4.09. The summed E-state index contributed by atoms with van der Waals surface area (Å²) in [7, 11) is 0. The van der Waals surface area contributed by atoms with Gasteiger partial charge in [0, 0.05) is 0 Å². The van der Waals surface area contributed by atoms with Gasteiger partial charge in [-0.1, -0.05) is 41.7 Å². The van der Waals surface area contributed by atoms with Crippen molar-refractivity contribution >= 4 is 38.3 Å². The Labute approximate surface area is 124 Å². The summed E-state index contributed by atoms with van der Waals surface area (Å²) < 4.78 is 0.876. The summed E-state index contributed by atoms with van der Waals surface area (Å²) in [6, 6.07) is 9.46. The number of nitrogens with two attached hydrogens (primary N) is 1. The number of hydrogen-bond acceptors (Lipinski definition) is 4. The number of benzene rings is 1. The third-order valence-electron chi connectivity index (χ3n) is 2.63. The van der Waals surface area contributed by atoms with E-state index < -0.39 is 6.04 Å². The Morgan fingerprint density at radius 1 is 1.42 bits per heavy atom. The maximum atomic E-state index is 11.9. The van der Waals surface area contributed by atoms with Crippen LogP contribution in [0.2, 0.25) is 0 Å². The topological polar surface area (TPSA) is 68.0 Å². The largest absolute Gasteiger partial charge is 0.320 e. The fourth-order valence-electron chi connectivity index (χ4n) is 1.61. The van der Waals surface area contributed by atoms with E-state index in [2.05, 4.69) is 26.2 Å². The van der Waals surface area contributed by atoms with Gasteiger partial charge in [-0.2, -0.15) is 0 Å². The van der Waals surface area contributed by atoms with Gasteiger partial charge in [0.2, 0.25) is 5.91 Å². The van der Waals surface area contributed by atoms with Crippen LogP contribution < -0.4 is 11.1 Å². The van der Waals surface area contributed by atoms with Crippen LogP contribution >= 0.6 is 27.3 Å². The average Bonchev–Trinajstić information content (AvgIpc) is 2.82. The normalized spacial score (nSPS) is 12.1. The number of nitrogens with zero attached hydrogens (tertiary/aromatic N) is 1. The maximum absolute atomic E-state index is 11.9. The van der Waals surface area contributed by atoms with Gasteiger partial charge in [-0.05, 0) is 34.3 Å². The van der Waals surface area contributed by atoms with Crippen LogP contribution in [-0.4, -0.2) is 16.9 Å². The Hall–Kier alpha value is -1.24. The first-order chi connectivity index (χ1) is 9.15. The molecule has 6 heteroatoms. The lowest BCUT2D eigenvalue weighted by atomic mass is 10.1. The number of carbonyl (C=O) groups is 1. The molecule has 0 bridgehead atoms. The SMILES string of the molecule is N[C@@H](CCc1ccccc1)C(=O)Nc1ncc(Br)s1. The number of amides is 1. The predicted molar refractivity (Wildman–Crippen MR) is 81.2 cm³/mol. The minimum Gasteiger partial charge on any atom is -0.320 e. The van der Waals surface area contributed by atoms with Crippen molar-refractivity contribution in [3.63, 3.8) is 0 Å². The number of rotatable bonds is 5. The van der Waals surface area contributed by atoms with E-state index in [0.717, 1.165) is 10.2 Å². The molecule has 3 N–H and O–H groups in total. The molecule has 0 spiro atoms. The fraction of sp³-hybridized carbons (Fsp3) is 0.231. The predicted octanol–water partition coefficient (Wildman–Crippen LogP) is 2.80. The quantitative estimate of drug-likeness (QED) is 0.879. The third kappa shape index (κ3) is 4.41. The van der Waals surface area contributed by atoms with Crippen molar-refractivity contribution in [3.8, 4) is 0 Å². The molecule has 0 fully saturated rings. The molecule has 2 rings (SSSR count). The van der Waals surface area contributed by atoms with Crippen molar-refractivity contribution in [2.45, 2.75) is 18.9 Å². The molecule has 1 amide bonds. The molecule has 0 aliphatic heterocycles. The van der Waals surface area contributed by atoms with Gasteiger partial charge in [0.25, 0.3) is 0 Å². The van der Waals surface area contributed by atoms with Crippen LogP contribution in [0, 0.1) is 0 Å². The minimum atomic E-state index is -0.525. The van der Waals surface area contributed by atoms with E-state index in [0.29, 0.717) is 11.6 Å². The molecule has 0 saturated carbocycles. The summed E-state index contributed by atoms with van der Waals surface area (Å²) in [5, 5.41) is 3.27. The van der Waals surface area contributed by atoms with E-state index in [-0.39, 0.29) is 5.91 Å². The first-order valence-electron chi connectivity index (χ1n) is 5.87. The highest BCUT2D eigenvalue weighted by molar-refractivity contribution is 9.11. The molecule has 4 nitrogen and oxygen atoms in total.